The van der Waals surface area contributed by atoms with Crippen molar-refractivity contribution in [2.75, 3.05) is 0 Å². The molecule has 7 aromatic carbocycles. The van der Waals surface area contributed by atoms with E-state index >= 15 is 0 Å². The van der Waals surface area contributed by atoms with Gasteiger partial charge in [-0.15, -0.1) is 11.3 Å². The number of rotatable bonds is 3. The third-order valence-corrected chi connectivity index (χ3v) is 10.6. The summed E-state index contributed by atoms with van der Waals surface area (Å²) in [5, 5.41) is 7.90. The first-order valence-electron chi connectivity index (χ1n) is 15.4. The fourth-order valence-corrected chi connectivity index (χ4v) is 8.78. The molecule has 2 nitrogen and oxygen atoms in total. The van der Waals surface area contributed by atoms with Crippen LogP contribution in [0.5, 0.6) is 0 Å². The van der Waals surface area contributed by atoms with E-state index in [2.05, 4.69) is 167 Å². The van der Waals surface area contributed by atoms with Crippen LogP contribution < -0.4 is 0 Å². The third-order valence-electron chi connectivity index (χ3n) is 9.32. The molecule has 0 bridgehead atoms. The van der Waals surface area contributed by atoms with Crippen molar-refractivity contribution in [3.8, 4) is 22.5 Å². The number of thiophene rings is 1. The van der Waals surface area contributed by atoms with E-state index < -0.39 is 0 Å². The van der Waals surface area contributed by atoms with Gasteiger partial charge >= 0.3 is 0 Å². The first-order valence-corrected chi connectivity index (χ1v) is 16.2. The Kier molecular flexibility index (Phi) is 5.19. The normalized spacial score (nSPS) is 12.0. The molecule has 0 unspecified atom stereocenters. The standard InChI is InChI=1S/C42H26N2S/c1-3-11-27(12-4-1)28-19-21-30(22-20-28)44-36-18-10-8-16-34(36)40-38(44)26-24-32-31-23-25-37-39(41(31)45-42(32)40)33-15-7-9-17-35(33)43(37)29-13-5-2-6-14-29/h1-26H. The minimum Gasteiger partial charge on any atom is -0.309 e. The van der Waals surface area contributed by atoms with Crippen molar-refractivity contribution in [3.63, 3.8) is 0 Å². The number of hydrogen-bond donors (Lipinski definition) is 0. The monoisotopic (exact) mass is 590 g/mol. The number of nitrogens with zero attached hydrogens (tertiary/aromatic N) is 2. The molecule has 0 atom stereocenters. The molecule has 0 amide bonds. The first kappa shape index (κ1) is 24.8. The summed E-state index contributed by atoms with van der Waals surface area (Å²) in [6.07, 6.45) is 0. The van der Waals surface area contributed by atoms with Crippen LogP contribution in [0.3, 0.4) is 0 Å². The van der Waals surface area contributed by atoms with Crippen LogP contribution in [0.15, 0.2) is 158 Å². The summed E-state index contributed by atoms with van der Waals surface area (Å²) in [7, 11) is 0. The summed E-state index contributed by atoms with van der Waals surface area (Å²) in [6.45, 7) is 0. The van der Waals surface area contributed by atoms with E-state index in [0.29, 0.717) is 0 Å². The van der Waals surface area contributed by atoms with E-state index in [1.165, 1.54) is 86.3 Å². The molecule has 3 aromatic heterocycles. The molecule has 0 fully saturated rings. The Morgan fingerprint density at radius 3 is 1.31 bits per heavy atom. The van der Waals surface area contributed by atoms with Gasteiger partial charge in [-0.25, -0.2) is 0 Å². The zero-order valence-corrected chi connectivity index (χ0v) is 25.1. The lowest BCUT2D eigenvalue weighted by atomic mass is 10.1. The van der Waals surface area contributed by atoms with E-state index in [-0.39, 0.29) is 0 Å². The zero-order chi connectivity index (χ0) is 29.5. The van der Waals surface area contributed by atoms with Gasteiger partial charge in [0.25, 0.3) is 0 Å². The topological polar surface area (TPSA) is 9.86 Å². The average Bonchev–Trinajstić information content (AvgIpc) is 3.76. The molecule has 0 spiro atoms. The van der Waals surface area contributed by atoms with Crippen molar-refractivity contribution in [2.45, 2.75) is 0 Å². The van der Waals surface area contributed by atoms with Crippen LogP contribution in [-0.4, -0.2) is 9.13 Å². The van der Waals surface area contributed by atoms with E-state index in [4.69, 9.17) is 0 Å². The zero-order valence-electron chi connectivity index (χ0n) is 24.3. The number of para-hydroxylation sites is 3. The van der Waals surface area contributed by atoms with Gasteiger partial charge in [-0.05, 0) is 59.7 Å². The van der Waals surface area contributed by atoms with E-state index in [1.807, 2.05) is 11.3 Å². The lowest BCUT2D eigenvalue weighted by molar-refractivity contribution is 1.18. The van der Waals surface area contributed by atoms with Gasteiger partial charge in [0.05, 0.1) is 22.1 Å². The molecule has 0 saturated heterocycles. The molecular weight excluding hydrogens is 565 g/mol. The lowest BCUT2D eigenvalue weighted by Gasteiger charge is -2.09. The molecule has 0 saturated carbocycles. The summed E-state index contributed by atoms with van der Waals surface area (Å²) < 4.78 is 7.54. The van der Waals surface area contributed by atoms with Crippen molar-refractivity contribution in [2.24, 2.45) is 0 Å². The predicted molar refractivity (Wildman–Crippen MR) is 193 cm³/mol. The van der Waals surface area contributed by atoms with Crippen LogP contribution in [0.4, 0.5) is 0 Å². The first-order chi connectivity index (χ1) is 22.3. The van der Waals surface area contributed by atoms with Crippen LogP contribution in [0.1, 0.15) is 0 Å². The Hall–Kier alpha value is -5.64. The van der Waals surface area contributed by atoms with Gasteiger partial charge in [0.2, 0.25) is 0 Å². The fraction of sp³-hybridized carbons (Fsp3) is 0. The van der Waals surface area contributed by atoms with Gasteiger partial charge in [-0.2, -0.15) is 0 Å². The van der Waals surface area contributed by atoms with Gasteiger partial charge in [0, 0.05) is 53.1 Å². The molecule has 210 valence electrons. The maximum Gasteiger partial charge on any atom is 0.0555 e. The van der Waals surface area contributed by atoms with Crippen LogP contribution in [0, 0.1) is 0 Å². The van der Waals surface area contributed by atoms with Crippen LogP contribution in [0.25, 0.3) is 86.3 Å². The second-order valence-corrected chi connectivity index (χ2v) is 12.7. The molecular formula is C42H26N2S. The molecule has 0 N–H and O–H groups in total. The van der Waals surface area contributed by atoms with Crippen molar-refractivity contribution < 1.29 is 0 Å². The Labute approximate surface area is 263 Å². The minimum atomic E-state index is 1.18. The maximum atomic E-state index is 2.43. The largest absolute Gasteiger partial charge is 0.309 e. The van der Waals surface area contributed by atoms with Crippen molar-refractivity contribution in [3.05, 3.63) is 158 Å². The number of fused-ring (bicyclic) bond motifs is 11. The highest BCUT2D eigenvalue weighted by Gasteiger charge is 2.21. The van der Waals surface area contributed by atoms with Gasteiger partial charge in [0.1, 0.15) is 0 Å². The minimum absolute atomic E-state index is 1.18. The fourth-order valence-electron chi connectivity index (χ4n) is 7.36. The van der Waals surface area contributed by atoms with E-state index in [1.54, 1.807) is 0 Å². The van der Waals surface area contributed by atoms with Gasteiger partial charge in [-0.3, -0.25) is 0 Å². The summed E-state index contributed by atoms with van der Waals surface area (Å²) in [5.74, 6) is 0. The molecule has 10 aromatic rings. The number of aromatic nitrogens is 2. The molecule has 0 aliphatic heterocycles. The van der Waals surface area contributed by atoms with E-state index in [9.17, 15) is 0 Å². The van der Waals surface area contributed by atoms with E-state index in [0.717, 1.165) is 0 Å². The molecule has 0 aliphatic rings. The van der Waals surface area contributed by atoms with Crippen molar-refractivity contribution in [1.29, 1.82) is 0 Å². The number of hydrogen-bond acceptors (Lipinski definition) is 1. The highest BCUT2D eigenvalue weighted by molar-refractivity contribution is 7.27. The highest BCUT2D eigenvalue weighted by Crippen LogP contribution is 2.47. The SMILES string of the molecule is c1ccc(-c2ccc(-n3c4ccccc4c4c5sc6c(ccc7c6c6ccccc6n7-c6ccccc6)c5ccc43)cc2)cc1. The van der Waals surface area contributed by atoms with Crippen LogP contribution >= 0.6 is 11.3 Å². The van der Waals surface area contributed by atoms with Crippen molar-refractivity contribution in [1.82, 2.24) is 9.13 Å². The Bertz CT molecular complexity index is 2730. The summed E-state index contributed by atoms with van der Waals surface area (Å²) in [5.41, 5.74) is 9.79. The van der Waals surface area contributed by atoms with Gasteiger partial charge < -0.3 is 9.13 Å². The number of benzene rings is 7. The maximum absolute atomic E-state index is 2.43. The lowest BCUT2D eigenvalue weighted by Crippen LogP contribution is -1.93. The van der Waals surface area contributed by atoms with Crippen molar-refractivity contribution >= 4 is 75.1 Å². The molecule has 0 radical (unpaired) electrons. The predicted octanol–water partition coefficient (Wildman–Crippen LogP) is 11.9. The average molecular weight is 591 g/mol. The molecule has 45 heavy (non-hydrogen) atoms. The quantitative estimate of drug-likeness (QED) is 0.194. The Morgan fingerprint density at radius 2 is 0.756 bits per heavy atom. The summed E-state index contributed by atoms with van der Waals surface area (Å²) in [4.78, 5) is 0. The highest BCUT2D eigenvalue weighted by atomic mass is 32.1. The smallest absolute Gasteiger partial charge is 0.0555 e. The van der Waals surface area contributed by atoms with Gasteiger partial charge in [-0.1, -0.05) is 109 Å². The molecule has 0 aliphatic carbocycles. The Morgan fingerprint density at radius 1 is 0.311 bits per heavy atom. The van der Waals surface area contributed by atoms with Gasteiger partial charge in [0.15, 0.2) is 0 Å². The molecule has 10 rings (SSSR count). The second-order valence-electron chi connectivity index (χ2n) is 11.7. The summed E-state index contributed by atoms with van der Waals surface area (Å²) in [6, 6.07) is 57.3. The summed E-state index contributed by atoms with van der Waals surface area (Å²) >= 11 is 1.94. The second kappa shape index (κ2) is 9.43. The van der Waals surface area contributed by atoms with Crippen LogP contribution in [-0.2, 0) is 0 Å². The van der Waals surface area contributed by atoms with Crippen LogP contribution in [0.2, 0.25) is 0 Å². The molecule has 3 heterocycles. The Balaban J connectivity index is 1.27. The molecule has 3 heteroatoms. The third kappa shape index (κ3) is 3.50.